The Morgan fingerprint density at radius 1 is 1.16 bits per heavy atom. The lowest BCUT2D eigenvalue weighted by Crippen LogP contribution is -2.33. The van der Waals surface area contributed by atoms with Crippen molar-refractivity contribution in [1.29, 1.82) is 0 Å². The highest BCUT2D eigenvalue weighted by atomic mass is 32.2. The molecule has 8 heteroatoms. The van der Waals surface area contributed by atoms with Crippen LogP contribution in [0.4, 0.5) is 5.69 Å². The number of tetrazole rings is 1. The van der Waals surface area contributed by atoms with E-state index in [4.69, 9.17) is 0 Å². The summed E-state index contributed by atoms with van der Waals surface area (Å²) in [5, 5.41) is 21.2. The van der Waals surface area contributed by atoms with E-state index in [-0.39, 0.29) is 16.9 Å². The van der Waals surface area contributed by atoms with Crippen LogP contribution in [0.15, 0.2) is 59.8 Å². The van der Waals surface area contributed by atoms with Crippen molar-refractivity contribution >= 4 is 23.4 Å². The highest BCUT2D eigenvalue weighted by Crippen LogP contribution is 2.26. The van der Waals surface area contributed by atoms with Crippen LogP contribution in [-0.4, -0.2) is 43.5 Å². The van der Waals surface area contributed by atoms with Crippen LogP contribution in [-0.2, 0) is 4.79 Å². The SMILES string of the molecule is C[C@@H](Sc1nnnn1-c1ccc(O)cc1)C(=O)N(C)c1ccccc1. The van der Waals surface area contributed by atoms with Crippen molar-refractivity contribution in [2.24, 2.45) is 0 Å². The molecule has 1 heterocycles. The molecule has 0 unspecified atom stereocenters. The minimum absolute atomic E-state index is 0.0449. The molecule has 0 bridgehead atoms. The van der Waals surface area contributed by atoms with Crippen LogP contribution in [0.2, 0.25) is 0 Å². The smallest absolute Gasteiger partial charge is 0.240 e. The first kappa shape index (κ1) is 17.0. The van der Waals surface area contributed by atoms with Gasteiger partial charge in [0.2, 0.25) is 11.1 Å². The first-order valence-corrected chi connectivity index (χ1v) is 8.51. The third kappa shape index (κ3) is 3.80. The standard InChI is InChI=1S/C17H17N5O2S/c1-12(16(24)21(2)13-6-4-3-5-7-13)25-17-18-19-20-22(17)14-8-10-15(23)11-9-14/h3-12,23H,1-2H3/t12-/m1/s1. The predicted molar refractivity (Wildman–Crippen MR) is 96.0 cm³/mol. The molecule has 3 rings (SSSR count). The minimum Gasteiger partial charge on any atom is -0.508 e. The van der Waals surface area contributed by atoms with Gasteiger partial charge in [-0.1, -0.05) is 30.0 Å². The third-order valence-corrected chi connectivity index (χ3v) is 4.66. The number of aromatic nitrogens is 4. The van der Waals surface area contributed by atoms with Gasteiger partial charge in [0.25, 0.3) is 0 Å². The van der Waals surface area contributed by atoms with Gasteiger partial charge < -0.3 is 10.0 Å². The number of hydrogen-bond donors (Lipinski definition) is 1. The zero-order valence-electron chi connectivity index (χ0n) is 13.8. The zero-order chi connectivity index (χ0) is 17.8. The first-order chi connectivity index (χ1) is 12.1. The van der Waals surface area contributed by atoms with Gasteiger partial charge in [0.15, 0.2) is 0 Å². The number of aromatic hydroxyl groups is 1. The maximum atomic E-state index is 12.7. The van der Waals surface area contributed by atoms with Gasteiger partial charge in [0.05, 0.1) is 10.9 Å². The number of phenolic OH excluding ortho intramolecular Hbond substituents is 1. The number of para-hydroxylation sites is 1. The lowest BCUT2D eigenvalue weighted by atomic mass is 10.3. The Balaban J connectivity index is 1.75. The Hall–Kier alpha value is -2.87. The van der Waals surface area contributed by atoms with Gasteiger partial charge in [-0.3, -0.25) is 4.79 Å². The van der Waals surface area contributed by atoms with E-state index in [0.29, 0.717) is 10.8 Å². The average molecular weight is 355 g/mol. The molecule has 0 aliphatic carbocycles. The number of carbonyl (C=O) groups excluding carboxylic acids is 1. The number of anilines is 1. The van der Waals surface area contributed by atoms with Crippen molar-refractivity contribution in [2.75, 3.05) is 11.9 Å². The number of amides is 1. The second-order valence-electron chi connectivity index (χ2n) is 5.38. The first-order valence-electron chi connectivity index (χ1n) is 7.63. The molecule has 0 aliphatic heterocycles. The van der Waals surface area contributed by atoms with E-state index >= 15 is 0 Å². The van der Waals surface area contributed by atoms with Gasteiger partial charge in [-0.2, -0.15) is 4.68 Å². The maximum Gasteiger partial charge on any atom is 0.240 e. The number of hydrogen-bond acceptors (Lipinski definition) is 6. The van der Waals surface area contributed by atoms with Gasteiger partial charge in [-0.15, -0.1) is 5.10 Å². The predicted octanol–water partition coefficient (Wildman–Crippen LogP) is 2.51. The Morgan fingerprint density at radius 3 is 2.52 bits per heavy atom. The second kappa shape index (κ2) is 7.35. The van der Waals surface area contributed by atoms with Crippen LogP contribution in [0.5, 0.6) is 5.75 Å². The largest absolute Gasteiger partial charge is 0.508 e. The Kier molecular flexibility index (Phi) is 4.99. The summed E-state index contributed by atoms with van der Waals surface area (Å²) in [7, 11) is 1.75. The Morgan fingerprint density at radius 2 is 1.84 bits per heavy atom. The molecule has 3 aromatic rings. The molecule has 0 radical (unpaired) electrons. The number of phenols is 1. The molecular formula is C17H17N5O2S. The van der Waals surface area contributed by atoms with E-state index < -0.39 is 0 Å². The van der Waals surface area contributed by atoms with Crippen molar-refractivity contribution in [1.82, 2.24) is 20.2 Å². The second-order valence-corrected chi connectivity index (χ2v) is 6.69. The van der Waals surface area contributed by atoms with Gasteiger partial charge in [-0.05, 0) is 53.7 Å². The van der Waals surface area contributed by atoms with Crippen molar-refractivity contribution < 1.29 is 9.90 Å². The molecule has 128 valence electrons. The van der Waals surface area contributed by atoms with E-state index in [1.807, 2.05) is 37.3 Å². The summed E-state index contributed by atoms with van der Waals surface area (Å²) >= 11 is 1.28. The van der Waals surface area contributed by atoms with E-state index in [2.05, 4.69) is 15.5 Å². The van der Waals surface area contributed by atoms with Crippen LogP contribution in [0.1, 0.15) is 6.92 Å². The number of nitrogens with zero attached hydrogens (tertiary/aromatic N) is 5. The van der Waals surface area contributed by atoms with E-state index in [0.717, 1.165) is 5.69 Å². The molecule has 1 aromatic heterocycles. The van der Waals surface area contributed by atoms with E-state index in [1.165, 1.54) is 16.4 Å². The summed E-state index contributed by atoms with van der Waals surface area (Å²) in [5.74, 6) is 0.121. The molecule has 1 N–H and O–H groups in total. The quantitative estimate of drug-likeness (QED) is 0.708. The summed E-state index contributed by atoms with van der Waals surface area (Å²) in [6.07, 6.45) is 0. The fourth-order valence-electron chi connectivity index (χ4n) is 2.27. The molecule has 2 aromatic carbocycles. The highest BCUT2D eigenvalue weighted by Gasteiger charge is 2.22. The molecule has 0 fully saturated rings. The van der Waals surface area contributed by atoms with E-state index in [9.17, 15) is 9.90 Å². The molecule has 0 aliphatic rings. The third-order valence-electron chi connectivity index (χ3n) is 3.64. The molecule has 1 atom stereocenters. The van der Waals surface area contributed by atoms with Crippen LogP contribution >= 0.6 is 11.8 Å². The monoisotopic (exact) mass is 355 g/mol. The number of rotatable bonds is 5. The Bertz CT molecular complexity index is 851. The van der Waals surface area contributed by atoms with Crippen LogP contribution in [0, 0.1) is 0 Å². The molecule has 0 spiro atoms. The molecule has 7 nitrogen and oxygen atoms in total. The van der Waals surface area contributed by atoms with Crippen LogP contribution < -0.4 is 4.90 Å². The molecular weight excluding hydrogens is 338 g/mol. The van der Waals surface area contributed by atoms with Crippen LogP contribution in [0.25, 0.3) is 5.69 Å². The summed E-state index contributed by atoms with van der Waals surface area (Å²) in [5.41, 5.74) is 1.54. The average Bonchev–Trinajstić information content (AvgIpc) is 3.10. The number of benzene rings is 2. The van der Waals surface area contributed by atoms with Gasteiger partial charge in [-0.25, -0.2) is 0 Å². The van der Waals surface area contributed by atoms with Gasteiger partial charge in [0, 0.05) is 12.7 Å². The summed E-state index contributed by atoms with van der Waals surface area (Å²) < 4.78 is 1.54. The highest BCUT2D eigenvalue weighted by molar-refractivity contribution is 8.00. The molecule has 25 heavy (non-hydrogen) atoms. The lowest BCUT2D eigenvalue weighted by Gasteiger charge is -2.20. The molecule has 1 amide bonds. The van der Waals surface area contributed by atoms with E-state index in [1.54, 1.807) is 36.2 Å². The molecule has 0 saturated carbocycles. The van der Waals surface area contributed by atoms with Crippen molar-refractivity contribution in [3.8, 4) is 11.4 Å². The zero-order valence-corrected chi connectivity index (χ0v) is 14.6. The minimum atomic E-state index is -0.368. The number of carbonyl (C=O) groups is 1. The lowest BCUT2D eigenvalue weighted by molar-refractivity contribution is -0.117. The maximum absolute atomic E-state index is 12.7. The summed E-state index contributed by atoms with van der Waals surface area (Å²) in [6, 6.07) is 16.0. The Labute approximate surface area is 149 Å². The van der Waals surface area contributed by atoms with Crippen molar-refractivity contribution in [2.45, 2.75) is 17.3 Å². The van der Waals surface area contributed by atoms with Gasteiger partial charge >= 0.3 is 0 Å². The van der Waals surface area contributed by atoms with Gasteiger partial charge in [0.1, 0.15) is 5.75 Å². The fraction of sp³-hybridized carbons (Fsp3) is 0.176. The van der Waals surface area contributed by atoms with Crippen molar-refractivity contribution in [3.05, 3.63) is 54.6 Å². The topological polar surface area (TPSA) is 84.1 Å². The summed E-state index contributed by atoms with van der Waals surface area (Å²) in [4.78, 5) is 14.3. The number of thioether (sulfide) groups is 1. The fourth-order valence-corrected chi connectivity index (χ4v) is 3.17. The summed E-state index contributed by atoms with van der Waals surface area (Å²) in [6.45, 7) is 1.82. The van der Waals surface area contributed by atoms with Crippen LogP contribution in [0.3, 0.4) is 0 Å². The molecule has 0 saturated heterocycles. The van der Waals surface area contributed by atoms with Crippen molar-refractivity contribution in [3.63, 3.8) is 0 Å². The normalized spacial score (nSPS) is 11.9.